The average Bonchev–Trinajstić information content (AvgIpc) is 3.46. The number of rotatable bonds is 6. The van der Waals surface area contributed by atoms with Crippen molar-refractivity contribution in [3.05, 3.63) is 119 Å². The normalized spacial score (nSPS) is 12.7. The van der Waals surface area contributed by atoms with Gasteiger partial charge in [-0.1, -0.05) is 221 Å². The number of aliphatic hydroxyl groups is 1. The molecule has 0 unspecified atom stereocenters. The van der Waals surface area contributed by atoms with E-state index in [1.165, 1.54) is 43.4 Å². The summed E-state index contributed by atoms with van der Waals surface area (Å²) < 4.78 is 180. The van der Waals surface area contributed by atoms with E-state index in [4.69, 9.17) is 20.0 Å². The maximum absolute atomic E-state index is 12.1. The zero-order valence-corrected chi connectivity index (χ0v) is 77.7. The Morgan fingerprint density at radius 3 is 0.764 bits per heavy atom. The van der Waals surface area contributed by atoms with E-state index < -0.39 is 46.9 Å². The van der Waals surface area contributed by atoms with Crippen LogP contribution in [-0.4, -0.2) is 62.7 Å². The van der Waals surface area contributed by atoms with Crippen LogP contribution < -0.4 is 179 Å². The smallest absolute Gasteiger partial charge is 0.358 e. The number of para-hydroxylation sites is 1. The summed E-state index contributed by atoms with van der Waals surface area (Å²) in [4.78, 5) is 0. The predicted octanol–water partition coefficient (Wildman–Crippen LogP) is 12.9. The van der Waals surface area contributed by atoms with Crippen LogP contribution in [0.25, 0.3) is 0 Å². The molecule has 3 aromatic carbocycles. The van der Waals surface area contributed by atoms with Crippen molar-refractivity contribution in [3.8, 4) is 17.2 Å². The molecule has 27 heteroatoms. The summed E-state index contributed by atoms with van der Waals surface area (Å²) in [7, 11) is -19.3. The molecule has 0 spiro atoms. The Balaban J connectivity index is -0.0000000417. The van der Waals surface area contributed by atoms with E-state index in [0.717, 1.165) is 37.7 Å². The maximum atomic E-state index is 12.1. The van der Waals surface area contributed by atoms with E-state index in [2.05, 4.69) is 24.7 Å². The van der Waals surface area contributed by atoms with Gasteiger partial charge >= 0.3 is 234 Å². The Morgan fingerprint density at radius 1 is 0.404 bits per heavy atom. The molecule has 3 aliphatic carbocycles. The number of halogens is 9. The third-order valence-electron chi connectivity index (χ3n) is 9.45. The largest absolute Gasteiger partial charge is 1.00 e. The summed E-state index contributed by atoms with van der Waals surface area (Å²) in [6.45, 7) is 54.7. The number of benzene rings is 3. The zero-order valence-electron chi connectivity index (χ0n) is 61.5. The summed E-state index contributed by atoms with van der Waals surface area (Å²) in [6, 6.07) is 22.1. The van der Waals surface area contributed by atoms with Crippen molar-refractivity contribution in [2.45, 2.75) is 264 Å². The molecular formula is C62H119F9O12Rb3S3+. The number of alkyl halides is 9. The summed E-state index contributed by atoms with van der Waals surface area (Å²) >= 11 is 0. The van der Waals surface area contributed by atoms with Crippen LogP contribution in [0.15, 0.2) is 78.9 Å². The van der Waals surface area contributed by atoms with Crippen molar-refractivity contribution in [3.63, 3.8) is 0 Å². The number of phenolic OH excluding ortho intramolecular Hbond substituents is 2. The van der Waals surface area contributed by atoms with Gasteiger partial charge in [-0.25, -0.2) is 0 Å². The van der Waals surface area contributed by atoms with Crippen molar-refractivity contribution in [1.29, 1.82) is 0 Å². The molecule has 6 rings (SSSR count). The van der Waals surface area contributed by atoms with Crippen molar-refractivity contribution < 1.29 is 269 Å². The molecule has 3 aromatic rings. The molecule has 0 heterocycles. The Morgan fingerprint density at radius 2 is 0.607 bits per heavy atom. The summed E-state index contributed by atoms with van der Waals surface area (Å²) in [5.41, 5.74) is -15.4. The second-order valence-corrected chi connectivity index (χ2v) is 19.3. The van der Waals surface area contributed by atoms with E-state index in [1.807, 2.05) is 181 Å². The van der Waals surface area contributed by atoms with Gasteiger partial charge in [-0.15, -0.1) is 3.63 Å². The minimum Gasteiger partial charge on any atom is -0.358 e. The molecule has 0 radical (unpaired) electrons. The van der Waals surface area contributed by atoms with Crippen molar-refractivity contribution in [1.82, 2.24) is 0 Å². The number of hydrogen-bond acceptors (Lipinski definition) is 11. The molecule has 0 saturated heterocycles. The monoisotopic (exact) mass is 1580 g/mol. The summed E-state index contributed by atoms with van der Waals surface area (Å²) in [5.74, 6) is 0.355. The van der Waals surface area contributed by atoms with Crippen molar-refractivity contribution in [2.75, 3.05) is 0 Å². The van der Waals surface area contributed by atoms with E-state index >= 15 is 0 Å². The van der Waals surface area contributed by atoms with Crippen LogP contribution in [0.3, 0.4) is 0 Å². The SMILES string of the molecule is CC.CC.CC.CC.CC.CC.CC.CC.CC.CC.CC.CC1(O)CCC1.CC1(c2ccc(O)cc2)CCC1.CC1(c2ccc(OS(=O)(=O)C(F)(F)F)cc2)CCC1.O=S(=O)(OS(=O)(=O)C(F)(F)F)C(F)(F)F.Oc1ccccc1.[C-]#[O+].[CH3-].[CH3-].[CH3-].[H+].[Rb+].[Rb+].[Rb+]. The van der Waals surface area contributed by atoms with Gasteiger partial charge in [-0.2, -0.15) is 64.8 Å². The van der Waals surface area contributed by atoms with E-state index in [9.17, 15) is 64.8 Å². The standard InChI is InChI=1S/C12H13F3O3S.C11H14O.C6H6O.C5H10O.C2F6O5S2.11C2H6.CO.3CH3.3Rb/c1-11(7-2-8-11)9-3-5-10(6-4-9)18-19(16,17)12(13,14)15;1-11(7-2-8-11)9-3-5-10(12)6-4-9;7-6-4-2-1-3-5-6;1-5(6)3-2-4-5;3-1(4,5)14(9,10)13-15(11,12)2(6,7)8;12*1-2;;;;;;/h3-6H,2,7-8H2,1H3;3-6,12H,2,7-8H2,1H3;1-5,7H;6H,2-4H2,1H3;;11*1-2H3;;3*1H3;;;/q;;;;;;;;;;;;;;;;;3*-1;3*+1/p+1. The van der Waals surface area contributed by atoms with Gasteiger partial charge in [0, 0.05) is 0 Å². The first-order valence-electron chi connectivity index (χ1n) is 28.6. The molecule has 0 aliphatic heterocycles. The van der Waals surface area contributed by atoms with Crippen LogP contribution in [-0.2, 0) is 49.5 Å². The third-order valence-corrected chi connectivity index (χ3v) is 13.0. The van der Waals surface area contributed by atoms with E-state index in [-0.39, 0.29) is 215 Å². The van der Waals surface area contributed by atoms with E-state index in [1.54, 1.807) is 48.5 Å². The van der Waals surface area contributed by atoms with Gasteiger partial charge in [0.05, 0.1) is 5.60 Å². The Kier molecular flexibility index (Phi) is 118. The molecule has 0 aromatic heterocycles. The molecule has 0 bridgehead atoms. The third kappa shape index (κ3) is 63.8. The van der Waals surface area contributed by atoms with E-state index in [0.29, 0.717) is 16.9 Å². The Labute approximate surface area is 688 Å². The molecule has 3 fully saturated rings. The predicted molar refractivity (Wildman–Crippen MR) is 345 cm³/mol. The van der Waals surface area contributed by atoms with Crippen LogP contribution >= 0.6 is 0 Å². The molecule has 3 N–H and O–H groups in total. The van der Waals surface area contributed by atoms with Gasteiger partial charge in [-0.3, -0.25) is 0 Å². The van der Waals surface area contributed by atoms with Crippen LogP contribution in [0, 0.1) is 28.9 Å². The fourth-order valence-electron chi connectivity index (χ4n) is 5.25. The summed E-state index contributed by atoms with van der Waals surface area (Å²) in [6.07, 6.45) is 10.3. The first kappa shape index (κ1) is 134. The van der Waals surface area contributed by atoms with Crippen LogP contribution in [0.2, 0.25) is 0 Å². The molecular weight excluding hydrogens is 1460 g/mol. The van der Waals surface area contributed by atoms with Crippen LogP contribution in [0.5, 0.6) is 17.2 Å². The van der Waals surface area contributed by atoms with Crippen molar-refractivity contribution >= 4 is 30.4 Å². The first-order valence-corrected chi connectivity index (χ1v) is 32.8. The maximum Gasteiger partial charge on any atom is 1.00 e. The molecule has 89 heavy (non-hydrogen) atoms. The molecule has 3 saturated carbocycles. The summed E-state index contributed by atoms with van der Waals surface area (Å²) in [5, 5.41) is 26.7. The number of aromatic hydroxyl groups is 2. The molecule has 3 aliphatic rings. The zero-order chi connectivity index (χ0) is 69.4. The first-order chi connectivity index (χ1) is 38.7. The van der Waals surface area contributed by atoms with Gasteiger partial charge in [0.25, 0.3) is 0 Å². The minimum atomic E-state index is -6.85. The van der Waals surface area contributed by atoms with Gasteiger partial charge in [0.2, 0.25) is 0 Å². The minimum absolute atomic E-state index is 0. The average molecular weight is 1580 g/mol. The second kappa shape index (κ2) is 78.4. The van der Waals surface area contributed by atoms with Crippen molar-refractivity contribution in [2.24, 2.45) is 0 Å². The fourth-order valence-corrected chi connectivity index (χ4v) is 7.27. The second-order valence-electron chi connectivity index (χ2n) is 14.4. The quantitative estimate of drug-likeness (QED) is 0.0697. The number of phenols is 2. The molecule has 0 atom stereocenters. The van der Waals surface area contributed by atoms with Gasteiger partial charge in [-0.05, 0) is 110 Å². The van der Waals surface area contributed by atoms with Crippen LogP contribution in [0.4, 0.5) is 39.5 Å². The Bertz CT molecular complexity index is 2160. The van der Waals surface area contributed by atoms with Crippen LogP contribution in [0.1, 0.15) is 243 Å². The Hall–Kier alpha value is 1.36. The molecule has 0 amide bonds. The van der Waals surface area contributed by atoms with Gasteiger partial charge < -0.3 is 41.8 Å². The molecule has 12 nitrogen and oxygen atoms in total. The number of hydrogen-bond donors (Lipinski definition) is 3. The topological polar surface area (TPSA) is 201 Å². The van der Waals surface area contributed by atoms with Gasteiger partial charge in [0.1, 0.15) is 17.2 Å². The van der Waals surface area contributed by atoms with Gasteiger partial charge in [0.15, 0.2) is 0 Å². The molecule has 522 valence electrons. The fraction of sp³-hybridized carbons (Fsp3) is 0.645.